The molecule has 0 radical (unpaired) electrons. The SMILES string of the molecule is CC(=O)C(C)c1[nH]n(C)c(=O)c1Cl. The van der Waals surface area contributed by atoms with Crippen LogP contribution in [0.5, 0.6) is 0 Å². The quantitative estimate of drug-likeness (QED) is 0.780. The molecule has 1 unspecified atom stereocenters. The molecule has 0 aliphatic rings. The zero-order valence-corrected chi connectivity index (χ0v) is 8.47. The summed E-state index contributed by atoms with van der Waals surface area (Å²) >= 11 is 5.74. The van der Waals surface area contributed by atoms with Crippen LogP contribution < -0.4 is 5.56 Å². The third kappa shape index (κ3) is 1.67. The van der Waals surface area contributed by atoms with Crippen LogP contribution in [-0.4, -0.2) is 15.6 Å². The number of aromatic amines is 1. The van der Waals surface area contributed by atoms with Crippen molar-refractivity contribution in [3.8, 4) is 0 Å². The molecular weight excluding hydrogens is 192 g/mol. The Bertz CT molecular complexity index is 391. The van der Waals surface area contributed by atoms with Crippen LogP contribution in [0.4, 0.5) is 0 Å². The average Bonchev–Trinajstić information content (AvgIpc) is 2.31. The molecule has 0 amide bonds. The molecule has 0 spiro atoms. The molecule has 0 saturated carbocycles. The van der Waals surface area contributed by atoms with E-state index < -0.39 is 0 Å². The maximum atomic E-state index is 11.2. The number of aryl methyl sites for hydroxylation is 1. The van der Waals surface area contributed by atoms with E-state index in [-0.39, 0.29) is 22.3 Å². The van der Waals surface area contributed by atoms with E-state index in [1.165, 1.54) is 11.6 Å². The topological polar surface area (TPSA) is 54.9 Å². The van der Waals surface area contributed by atoms with Crippen LogP contribution >= 0.6 is 11.6 Å². The van der Waals surface area contributed by atoms with E-state index in [1.54, 1.807) is 14.0 Å². The minimum Gasteiger partial charge on any atom is -0.299 e. The summed E-state index contributed by atoms with van der Waals surface area (Å²) in [7, 11) is 1.56. The van der Waals surface area contributed by atoms with Crippen molar-refractivity contribution in [2.24, 2.45) is 7.05 Å². The summed E-state index contributed by atoms with van der Waals surface area (Å²) in [6, 6.07) is 0. The number of rotatable bonds is 2. The Balaban J connectivity index is 3.24. The minimum atomic E-state index is -0.360. The lowest BCUT2D eigenvalue weighted by Gasteiger charge is -2.03. The van der Waals surface area contributed by atoms with E-state index in [2.05, 4.69) is 5.10 Å². The fourth-order valence-corrected chi connectivity index (χ4v) is 1.37. The van der Waals surface area contributed by atoms with Crippen molar-refractivity contribution in [1.29, 1.82) is 0 Å². The first-order valence-electron chi connectivity index (χ1n) is 3.90. The highest BCUT2D eigenvalue weighted by atomic mass is 35.5. The first kappa shape index (κ1) is 10.1. The molecule has 1 N–H and O–H groups in total. The number of carbonyl (C=O) groups excluding carboxylic acids is 1. The van der Waals surface area contributed by atoms with Crippen molar-refractivity contribution in [3.63, 3.8) is 0 Å². The Hall–Kier alpha value is -1.03. The molecule has 1 atom stereocenters. The van der Waals surface area contributed by atoms with E-state index in [0.717, 1.165) is 0 Å². The molecular formula is C8H11ClN2O2. The molecule has 0 aliphatic heterocycles. The fraction of sp³-hybridized carbons (Fsp3) is 0.500. The molecule has 1 rings (SSSR count). The Morgan fingerprint density at radius 2 is 2.15 bits per heavy atom. The lowest BCUT2D eigenvalue weighted by atomic mass is 10.0. The maximum Gasteiger partial charge on any atom is 0.285 e. The molecule has 0 aliphatic carbocycles. The third-order valence-corrected chi connectivity index (χ3v) is 2.43. The highest BCUT2D eigenvalue weighted by Crippen LogP contribution is 2.19. The molecule has 4 nitrogen and oxygen atoms in total. The Morgan fingerprint density at radius 3 is 2.46 bits per heavy atom. The number of hydrogen-bond donors (Lipinski definition) is 1. The first-order valence-corrected chi connectivity index (χ1v) is 4.27. The Morgan fingerprint density at radius 1 is 1.62 bits per heavy atom. The van der Waals surface area contributed by atoms with E-state index in [4.69, 9.17) is 11.6 Å². The highest BCUT2D eigenvalue weighted by Gasteiger charge is 2.19. The van der Waals surface area contributed by atoms with Crippen molar-refractivity contribution in [1.82, 2.24) is 9.78 Å². The van der Waals surface area contributed by atoms with Crippen LogP contribution in [0.25, 0.3) is 0 Å². The fourth-order valence-electron chi connectivity index (χ4n) is 1.03. The maximum absolute atomic E-state index is 11.2. The van der Waals surface area contributed by atoms with Crippen molar-refractivity contribution in [2.45, 2.75) is 19.8 Å². The number of hydrogen-bond acceptors (Lipinski definition) is 2. The summed E-state index contributed by atoms with van der Waals surface area (Å²) in [5.41, 5.74) is 0.187. The monoisotopic (exact) mass is 202 g/mol. The van der Waals surface area contributed by atoms with Gasteiger partial charge in [-0.2, -0.15) is 0 Å². The minimum absolute atomic E-state index is 0.0243. The number of H-pyrrole nitrogens is 1. The predicted octanol–water partition coefficient (Wildman–Crippen LogP) is 1.06. The van der Waals surface area contributed by atoms with Crippen molar-refractivity contribution >= 4 is 17.4 Å². The number of carbonyl (C=O) groups is 1. The number of aromatic nitrogens is 2. The lowest BCUT2D eigenvalue weighted by molar-refractivity contribution is -0.118. The summed E-state index contributed by atoms with van der Waals surface area (Å²) in [6.07, 6.45) is 0. The van der Waals surface area contributed by atoms with Crippen molar-refractivity contribution < 1.29 is 4.79 Å². The van der Waals surface area contributed by atoms with Crippen molar-refractivity contribution in [3.05, 3.63) is 21.1 Å². The largest absolute Gasteiger partial charge is 0.299 e. The molecule has 0 fully saturated rings. The van der Waals surface area contributed by atoms with Crippen LogP contribution in [0.15, 0.2) is 4.79 Å². The highest BCUT2D eigenvalue weighted by molar-refractivity contribution is 6.31. The molecule has 1 aromatic heterocycles. The molecule has 13 heavy (non-hydrogen) atoms. The number of nitrogens with zero attached hydrogens (tertiary/aromatic N) is 1. The molecule has 0 saturated heterocycles. The van der Waals surface area contributed by atoms with Gasteiger partial charge >= 0.3 is 0 Å². The standard InChI is InChI=1S/C8H11ClN2O2/c1-4(5(2)12)7-6(9)8(13)11(3)10-7/h4,10H,1-3H3. The molecule has 0 bridgehead atoms. The summed E-state index contributed by atoms with van der Waals surface area (Å²) in [6.45, 7) is 3.17. The Kier molecular flexibility index (Phi) is 2.61. The summed E-state index contributed by atoms with van der Waals surface area (Å²) in [4.78, 5) is 22.2. The average molecular weight is 203 g/mol. The molecule has 5 heteroatoms. The smallest absolute Gasteiger partial charge is 0.285 e. The van der Waals surface area contributed by atoms with Crippen LogP contribution in [0.1, 0.15) is 25.5 Å². The molecule has 1 heterocycles. The van der Waals surface area contributed by atoms with E-state index in [0.29, 0.717) is 5.69 Å². The predicted molar refractivity (Wildman–Crippen MR) is 50.1 cm³/mol. The van der Waals surface area contributed by atoms with Gasteiger partial charge in [-0.25, -0.2) is 0 Å². The van der Waals surface area contributed by atoms with E-state index in [1.807, 2.05) is 0 Å². The van der Waals surface area contributed by atoms with E-state index in [9.17, 15) is 9.59 Å². The molecule has 1 aromatic rings. The summed E-state index contributed by atoms with van der Waals surface area (Å²) in [5.74, 6) is -0.384. The van der Waals surface area contributed by atoms with Crippen molar-refractivity contribution in [2.75, 3.05) is 0 Å². The van der Waals surface area contributed by atoms with Gasteiger partial charge in [-0.1, -0.05) is 11.6 Å². The zero-order chi connectivity index (χ0) is 10.2. The van der Waals surface area contributed by atoms with Gasteiger partial charge in [0.05, 0.1) is 11.6 Å². The first-order chi connectivity index (χ1) is 5.95. The van der Waals surface area contributed by atoms with Crippen LogP contribution in [0.3, 0.4) is 0 Å². The normalized spacial score (nSPS) is 12.9. The van der Waals surface area contributed by atoms with Gasteiger partial charge in [0, 0.05) is 7.05 Å². The van der Waals surface area contributed by atoms with E-state index >= 15 is 0 Å². The van der Waals surface area contributed by atoms with Gasteiger partial charge in [-0.15, -0.1) is 0 Å². The van der Waals surface area contributed by atoms with Crippen LogP contribution in [0, 0.1) is 0 Å². The van der Waals surface area contributed by atoms with Gasteiger partial charge in [0.15, 0.2) is 0 Å². The van der Waals surface area contributed by atoms with Gasteiger partial charge in [-0.3, -0.25) is 19.4 Å². The second-order valence-electron chi connectivity index (χ2n) is 3.04. The van der Waals surface area contributed by atoms with Gasteiger partial charge in [0.2, 0.25) is 0 Å². The number of halogens is 1. The molecule has 0 aromatic carbocycles. The second-order valence-corrected chi connectivity index (χ2v) is 3.41. The summed E-state index contributed by atoms with van der Waals surface area (Å²) in [5, 5.41) is 2.85. The van der Waals surface area contributed by atoms with Gasteiger partial charge in [0.1, 0.15) is 10.8 Å². The molecule has 72 valence electrons. The number of Topliss-reactive ketones (excluding diaryl/α,β-unsaturated/α-hetero) is 1. The lowest BCUT2D eigenvalue weighted by Crippen LogP contribution is -2.11. The Labute approximate surface area is 80.5 Å². The zero-order valence-electron chi connectivity index (χ0n) is 7.72. The number of ketones is 1. The van der Waals surface area contributed by atoms with Gasteiger partial charge < -0.3 is 0 Å². The summed E-state index contributed by atoms with van der Waals surface area (Å²) < 4.78 is 1.26. The van der Waals surface area contributed by atoms with Gasteiger partial charge in [-0.05, 0) is 13.8 Å². The van der Waals surface area contributed by atoms with Gasteiger partial charge in [0.25, 0.3) is 5.56 Å². The number of nitrogens with one attached hydrogen (secondary N) is 1. The third-order valence-electron chi connectivity index (χ3n) is 2.06. The second kappa shape index (κ2) is 3.38. The van der Waals surface area contributed by atoms with Crippen LogP contribution in [0.2, 0.25) is 5.02 Å². The van der Waals surface area contributed by atoms with Crippen LogP contribution in [-0.2, 0) is 11.8 Å².